The fraction of sp³-hybridized carbons (Fsp3) is 0.500. The van der Waals surface area contributed by atoms with E-state index in [1.807, 2.05) is 7.05 Å². The number of fused-ring (bicyclic) bond motifs is 1. The molecule has 0 spiro atoms. The lowest BCUT2D eigenvalue weighted by Crippen LogP contribution is -2.06. The Labute approximate surface area is 112 Å². The van der Waals surface area contributed by atoms with Gasteiger partial charge in [-0.1, -0.05) is 31.3 Å². The molecule has 1 N–H and O–H groups in total. The second-order valence-corrected chi connectivity index (χ2v) is 5.99. The number of ether oxygens (including phenoxy) is 1. The first-order valence-corrected chi connectivity index (χ1v) is 7.06. The fourth-order valence-electron chi connectivity index (χ4n) is 1.92. The van der Waals surface area contributed by atoms with Crippen LogP contribution in [0.2, 0.25) is 0 Å². The van der Waals surface area contributed by atoms with Gasteiger partial charge in [0.15, 0.2) is 5.13 Å². The molecule has 1 aromatic carbocycles. The highest BCUT2D eigenvalue weighted by molar-refractivity contribution is 7.22. The zero-order valence-corrected chi connectivity index (χ0v) is 12.4. The Morgan fingerprint density at radius 2 is 2.06 bits per heavy atom. The van der Waals surface area contributed by atoms with E-state index < -0.39 is 0 Å². The zero-order chi connectivity index (χ0) is 13.3. The van der Waals surface area contributed by atoms with Crippen LogP contribution in [0.4, 0.5) is 5.13 Å². The van der Waals surface area contributed by atoms with Crippen molar-refractivity contribution in [2.24, 2.45) is 5.92 Å². The molecule has 0 bridgehead atoms. The van der Waals surface area contributed by atoms with Crippen molar-refractivity contribution in [1.29, 1.82) is 0 Å². The molecular weight excluding hydrogens is 244 g/mol. The number of hydrogen-bond donors (Lipinski definition) is 1. The summed E-state index contributed by atoms with van der Waals surface area (Å²) in [5.74, 6) is 1.45. The molecule has 1 heterocycles. The Morgan fingerprint density at radius 1 is 1.33 bits per heavy atom. The summed E-state index contributed by atoms with van der Waals surface area (Å²) in [4.78, 5) is 4.61. The van der Waals surface area contributed by atoms with Crippen LogP contribution in [-0.2, 0) is 0 Å². The summed E-state index contributed by atoms with van der Waals surface area (Å²) >= 11 is 1.68. The zero-order valence-electron chi connectivity index (χ0n) is 11.6. The molecule has 3 nitrogen and oxygen atoms in total. The molecule has 2 aromatic rings. The number of aryl methyl sites for hydroxylation is 2. The number of nitrogens with zero attached hydrogens (tertiary/aromatic N) is 1. The van der Waals surface area contributed by atoms with Crippen LogP contribution in [-0.4, -0.2) is 18.6 Å². The van der Waals surface area contributed by atoms with E-state index in [2.05, 4.69) is 44.1 Å². The summed E-state index contributed by atoms with van der Waals surface area (Å²) in [6.07, 6.45) is 0. The molecule has 0 radical (unpaired) electrons. The van der Waals surface area contributed by atoms with Crippen LogP contribution in [0.15, 0.2) is 6.07 Å². The number of anilines is 1. The maximum absolute atomic E-state index is 5.94. The summed E-state index contributed by atoms with van der Waals surface area (Å²) in [6, 6.07) is 2.18. The van der Waals surface area contributed by atoms with Crippen molar-refractivity contribution in [2.75, 3.05) is 19.0 Å². The largest absolute Gasteiger partial charge is 0.491 e. The summed E-state index contributed by atoms with van der Waals surface area (Å²) in [5, 5.41) is 4.05. The normalized spacial score (nSPS) is 11.2. The standard InChI is InChI=1S/C14H20N2OS/c1-8(2)7-17-12-9(3)6-10(4)13-11(12)16-14(15-5)18-13/h6,8H,7H2,1-5H3,(H,15,16). The van der Waals surface area contributed by atoms with Crippen LogP contribution in [0.25, 0.3) is 10.2 Å². The van der Waals surface area contributed by atoms with Gasteiger partial charge in [-0.2, -0.15) is 0 Å². The molecule has 98 valence electrons. The molecule has 1 aromatic heterocycles. The molecule has 0 aliphatic heterocycles. The topological polar surface area (TPSA) is 34.2 Å². The summed E-state index contributed by atoms with van der Waals surface area (Å²) in [6.45, 7) is 9.24. The third kappa shape index (κ3) is 2.43. The van der Waals surface area contributed by atoms with E-state index in [1.165, 1.54) is 10.3 Å². The third-order valence-corrected chi connectivity index (χ3v) is 3.97. The lowest BCUT2D eigenvalue weighted by molar-refractivity contribution is 0.272. The number of nitrogens with one attached hydrogen (secondary N) is 1. The second kappa shape index (κ2) is 5.14. The Hall–Kier alpha value is -1.29. The minimum absolute atomic E-state index is 0.517. The van der Waals surface area contributed by atoms with Gasteiger partial charge in [0.1, 0.15) is 11.3 Å². The number of thiazole rings is 1. The van der Waals surface area contributed by atoms with Crippen molar-refractivity contribution >= 4 is 26.7 Å². The predicted molar refractivity (Wildman–Crippen MR) is 79.0 cm³/mol. The van der Waals surface area contributed by atoms with Crippen molar-refractivity contribution in [1.82, 2.24) is 4.98 Å². The van der Waals surface area contributed by atoms with Gasteiger partial charge in [-0.3, -0.25) is 0 Å². The molecule has 2 rings (SSSR count). The first-order valence-electron chi connectivity index (χ1n) is 6.24. The molecule has 0 amide bonds. The van der Waals surface area contributed by atoms with Crippen LogP contribution in [0, 0.1) is 19.8 Å². The average molecular weight is 264 g/mol. The highest BCUT2D eigenvalue weighted by atomic mass is 32.1. The number of benzene rings is 1. The average Bonchev–Trinajstić information content (AvgIpc) is 2.72. The van der Waals surface area contributed by atoms with E-state index in [-0.39, 0.29) is 0 Å². The minimum Gasteiger partial charge on any atom is -0.491 e. The van der Waals surface area contributed by atoms with Gasteiger partial charge in [-0.15, -0.1) is 0 Å². The Bertz CT molecular complexity index is 560. The predicted octanol–water partition coefficient (Wildman–Crippen LogP) is 3.99. The van der Waals surface area contributed by atoms with E-state index in [0.717, 1.165) is 28.6 Å². The van der Waals surface area contributed by atoms with Gasteiger partial charge in [0.25, 0.3) is 0 Å². The molecule has 0 atom stereocenters. The monoisotopic (exact) mass is 264 g/mol. The summed E-state index contributed by atoms with van der Waals surface area (Å²) in [7, 11) is 1.90. The first-order chi connectivity index (χ1) is 8.52. The van der Waals surface area contributed by atoms with Gasteiger partial charge in [0.05, 0.1) is 11.3 Å². The Balaban J connectivity index is 2.52. The number of rotatable bonds is 4. The van der Waals surface area contributed by atoms with Crippen molar-refractivity contribution in [3.63, 3.8) is 0 Å². The molecule has 0 fully saturated rings. The van der Waals surface area contributed by atoms with E-state index in [4.69, 9.17) is 4.74 Å². The third-order valence-electron chi connectivity index (χ3n) is 2.77. The van der Waals surface area contributed by atoms with Gasteiger partial charge < -0.3 is 10.1 Å². The highest BCUT2D eigenvalue weighted by Gasteiger charge is 2.14. The molecule has 0 unspecified atom stereocenters. The lowest BCUT2D eigenvalue weighted by Gasteiger charge is -2.12. The quantitative estimate of drug-likeness (QED) is 0.906. The molecule has 0 saturated carbocycles. The highest BCUT2D eigenvalue weighted by Crippen LogP contribution is 2.37. The number of hydrogen-bond acceptors (Lipinski definition) is 4. The molecule has 0 aliphatic rings. The van der Waals surface area contributed by atoms with Gasteiger partial charge in [-0.25, -0.2) is 4.98 Å². The number of aromatic nitrogens is 1. The van der Waals surface area contributed by atoms with Crippen molar-refractivity contribution < 1.29 is 4.74 Å². The van der Waals surface area contributed by atoms with Crippen molar-refractivity contribution in [2.45, 2.75) is 27.7 Å². The van der Waals surface area contributed by atoms with E-state index in [1.54, 1.807) is 11.3 Å². The van der Waals surface area contributed by atoms with Crippen LogP contribution in [0.1, 0.15) is 25.0 Å². The van der Waals surface area contributed by atoms with Crippen molar-refractivity contribution in [3.05, 3.63) is 17.2 Å². The van der Waals surface area contributed by atoms with E-state index >= 15 is 0 Å². The fourth-order valence-corrected chi connectivity index (χ4v) is 2.81. The van der Waals surface area contributed by atoms with Crippen LogP contribution < -0.4 is 10.1 Å². The van der Waals surface area contributed by atoms with Gasteiger partial charge in [-0.05, 0) is 30.9 Å². The molecule has 18 heavy (non-hydrogen) atoms. The Kier molecular flexibility index (Phi) is 3.76. The smallest absolute Gasteiger partial charge is 0.183 e. The molecule has 0 saturated heterocycles. The van der Waals surface area contributed by atoms with E-state index in [9.17, 15) is 0 Å². The van der Waals surface area contributed by atoms with Gasteiger partial charge >= 0.3 is 0 Å². The van der Waals surface area contributed by atoms with Crippen LogP contribution in [0.3, 0.4) is 0 Å². The lowest BCUT2D eigenvalue weighted by atomic mass is 10.1. The van der Waals surface area contributed by atoms with E-state index in [0.29, 0.717) is 5.92 Å². The van der Waals surface area contributed by atoms with Crippen LogP contribution in [0.5, 0.6) is 5.75 Å². The van der Waals surface area contributed by atoms with Crippen LogP contribution >= 0.6 is 11.3 Å². The van der Waals surface area contributed by atoms with Gasteiger partial charge in [0.2, 0.25) is 0 Å². The molecule has 0 aliphatic carbocycles. The first kappa shape index (κ1) is 13.1. The second-order valence-electron chi connectivity index (χ2n) is 4.99. The summed E-state index contributed by atoms with van der Waals surface area (Å²) in [5.41, 5.74) is 3.41. The SMILES string of the molecule is CNc1nc2c(OCC(C)C)c(C)cc(C)c2s1. The maximum Gasteiger partial charge on any atom is 0.183 e. The Morgan fingerprint density at radius 3 is 2.67 bits per heavy atom. The minimum atomic E-state index is 0.517. The summed E-state index contributed by atoms with van der Waals surface area (Å²) < 4.78 is 7.15. The maximum atomic E-state index is 5.94. The molecular formula is C14H20N2OS. The van der Waals surface area contributed by atoms with Crippen molar-refractivity contribution in [3.8, 4) is 5.75 Å². The van der Waals surface area contributed by atoms with Gasteiger partial charge in [0, 0.05) is 7.05 Å². The molecule has 4 heteroatoms.